The molecule has 2 heterocycles. The summed E-state index contributed by atoms with van der Waals surface area (Å²) in [5.41, 5.74) is 2.84. The second kappa shape index (κ2) is 10.5. The quantitative estimate of drug-likeness (QED) is 0.202. The highest BCUT2D eigenvalue weighted by molar-refractivity contribution is 6.30. The van der Waals surface area contributed by atoms with Gasteiger partial charge in [-0.2, -0.15) is 0 Å². The van der Waals surface area contributed by atoms with Crippen molar-refractivity contribution in [3.05, 3.63) is 161 Å². The Bertz CT molecular complexity index is 1750. The number of benzene rings is 5. The molecule has 0 aromatic heterocycles. The fourth-order valence-corrected chi connectivity index (χ4v) is 6.47. The van der Waals surface area contributed by atoms with Crippen LogP contribution in [0.25, 0.3) is 0 Å². The summed E-state index contributed by atoms with van der Waals surface area (Å²) in [5.74, 6) is 0.310. The molecule has 0 spiro atoms. The normalized spacial score (nSPS) is 21.0. The number of halogens is 1. The number of anilines is 2. The number of para-hydroxylation sites is 3. The standard InChI is InChI=1S/C36H27ClN2O3/c37-28-22-20-25(21-23-28)32-24-36(27-14-6-2-7-15-27)33(42-29-16-8-3-9-17-29)35(41)39(36)31-19-11-10-18-30(31)38(32)34(40)26-12-4-1-5-13-26/h1-23,32-33H,24H2/t32-,33+,36+/m1/s1. The number of β-lactam (4-membered cyclic amide) rings is 1. The predicted octanol–water partition coefficient (Wildman–Crippen LogP) is 7.82. The largest absolute Gasteiger partial charge is 0.478 e. The molecule has 0 radical (unpaired) electrons. The van der Waals surface area contributed by atoms with Gasteiger partial charge in [-0.15, -0.1) is 0 Å². The number of rotatable bonds is 5. The van der Waals surface area contributed by atoms with E-state index in [1.165, 1.54) is 0 Å². The van der Waals surface area contributed by atoms with Gasteiger partial charge < -0.3 is 4.74 Å². The first kappa shape index (κ1) is 26.1. The molecule has 5 aromatic carbocycles. The number of amides is 2. The molecule has 2 amide bonds. The maximum absolute atomic E-state index is 14.5. The van der Waals surface area contributed by atoms with Gasteiger partial charge in [-0.05, 0) is 59.7 Å². The number of hydrogen-bond donors (Lipinski definition) is 0. The van der Waals surface area contributed by atoms with Crippen LogP contribution in [0.4, 0.5) is 11.4 Å². The first-order chi connectivity index (χ1) is 20.6. The van der Waals surface area contributed by atoms with Crippen molar-refractivity contribution in [3.8, 4) is 5.75 Å². The minimum absolute atomic E-state index is 0.151. The van der Waals surface area contributed by atoms with E-state index in [1.54, 1.807) is 0 Å². The third kappa shape index (κ3) is 4.16. The number of nitrogens with zero attached hydrogens (tertiary/aromatic N) is 2. The van der Waals surface area contributed by atoms with Crippen LogP contribution in [0.5, 0.6) is 5.75 Å². The Morgan fingerprint density at radius 3 is 1.95 bits per heavy atom. The van der Waals surface area contributed by atoms with Crippen LogP contribution >= 0.6 is 11.6 Å². The first-order valence-electron chi connectivity index (χ1n) is 13.9. The Balaban J connectivity index is 1.48. The molecule has 42 heavy (non-hydrogen) atoms. The van der Waals surface area contributed by atoms with Gasteiger partial charge >= 0.3 is 0 Å². The molecule has 0 unspecified atom stereocenters. The molecular weight excluding hydrogens is 544 g/mol. The molecule has 5 nitrogen and oxygen atoms in total. The molecule has 2 aliphatic rings. The minimum Gasteiger partial charge on any atom is -0.478 e. The summed E-state index contributed by atoms with van der Waals surface area (Å²) >= 11 is 6.32. The van der Waals surface area contributed by atoms with Crippen molar-refractivity contribution in [2.75, 3.05) is 9.80 Å². The average Bonchev–Trinajstić information content (AvgIpc) is 3.16. The lowest BCUT2D eigenvalue weighted by Gasteiger charge is -2.56. The van der Waals surface area contributed by atoms with Gasteiger partial charge in [0.1, 0.15) is 11.3 Å². The van der Waals surface area contributed by atoms with Gasteiger partial charge in [0, 0.05) is 17.0 Å². The van der Waals surface area contributed by atoms with Crippen molar-refractivity contribution in [3.63, 3.8) is 0 Å². The molecular formula is C36H27ClN2O3. The summed E-state index contributed by atoms with van der Waals surface area (Å²) in [7, 11) is 0. The molecule has 1 fully saturated rings. The lowest BCUT2D eigenvalue weighted by Crippen LogP contribution is -2.74. The van der Waals surface area contributed by atoms with E-state index in [9.17, 15) is 9.59 Å². The molecule has 0 saturated carbocycles. The number of carbonyl (C=O) groups excluding carboxylic acids is 2. The maximum atomic E-state index is 14.5. The van der Waals surface area contributed by atoms with Crippen LogP contribution < -0.4 is 14.5 Å². The van der Waals surface area contributed by atoms with Crippen molar-refractivity contribution in [1.82, 2.24) is 0 Å². The topological polar surface area (TPSA) is 49.9 Å². The molecule has 6 heteroatoms. The minimum atomic E-state index is -0.902. The maximum Gasteiger partial charge on any atom is 0.271 e. The zero-order valence-corrected chi connectivity index (χ0v) is 23.4. The molecule has 0 bridgehead atoms. The molecule has 7 rings (SSSR count). The SMILES string of the molecule is O=C(c1ccccc1)N1c2ccccc2N2C(=O)[C@H](Oc3ccccc3)[C@@]2(c2ccccc2)C[C@@H]1c1ccc(Cl)cc1. The highest BCUT2D eigenvalue weighted by atomic mass is 35.5. The summed E-state index contributed by atoms with van der Waals surface area (Å²) in [5, 5.41) is 0.609. The van der Waals surface area contributed by atoms with Gasteiger partial charge in [-0.3, -0.25) is 19.4 Å². The van der Waals surface area contributed by atoms with Gasteiger partial charge in [0.2, 0.25) is 6.10 Å². The van der Waals surface area contributed by atoms with Crippen LogP contribution in [-0.4, -0.2) is 17.9 Å². The van der Waals surface area contributed by atoms with Gasteiger partial charge in [-0.25, -0.2) is 0 Å². The van der Waals surface area contributed by atoms with Crippen LogP contribution in [0.1, 0.15) is 33.9 Å². The molecule has 206 valence electrons. The van der Waals surface area contributed by atoms with Crippen molar-refractivity contribution in [1.29, 1.82) is 0 Å². The lowest BCUT2D eigenvalue weighted by atomic mass is 9.70. The Hall–Kier alpha value is -4.87. The van der Waals surface area contributed by atoms with Gasteiger partial charge in [0.05, 0.1) is 17.4 Å². The van der Waals surface area contributed by atoms with E-state index >= 15 is 0 Å². The van der Waals surface area contributed by atoms with E-state index in [1.807, 2.05) is 149 Å². The Kier molecular flexibility index (Phi) is 6.52. The van der Waals surface area contributed by atoms with Crippen molar-refractivity contribution >= 4 is 34.8 Å². The first-order valence-corrected chi connectivity index (χ1v) is 14.3. The van der Waals surface area contributed by atoms with Crippen LogP contribution in [-0.2, 0) is 10.3 Å². The van der Waals surface area contributed by atoms with Gasteiger partial charge in [0.15, 0.2) is 0 Å². The Morgan fingerprint density at radius 2 is 1.29 bits per heavy atom. The molecule has 2 aliphatic heterocycles. The lowest BCUT2D eigenvalue weighted by molar-refractivity contribution is -0.142. The van der Waals surface area contributed by atoms with E-state index in [0.29, 0.717) is 34.1 Å². The average molecular weight is 571 g/mol. The fraction of sp³-hybridized carbons (Fsp3) is 0.111. The molecule has 0 aliphatic carbocycles. The molecule has 5 aromatic rings. The van der Waals surface area contributed by atoms with Crippen molar-refractivity contribution in [2.45, 2.75) is 24.1 Å². The van der Waals surface area contributed by atoms with Gasteiger partial charge in [0.25, 0.3) is 11.8 Å². The van der Waals surface area contributed by atoms with Gasteiger partial charge in [-0.1, -0.05) is 103 Å². The summed E-state index contributed by atoms with van der Waals surface area (Å²) in [6.45, 7) is 0. The predicted molar refractivity (Wildman–Crippen MR) is 165 cm³/mol. The second-order valence-electron chi connectivity index (χ2n) is 10.6. The fourth-order valence-electron chi connectivity index (χ4n) is 6.34. The number of carbonyl (C=O) groups is 2. The number of fused-ring (bicyclic) bond motifs is 3. The third-order valence-corrected chi connectivity index (χ3v) is 8.49. The third-order valence-electron chi connectivity index (χ3n) is 8.24. The molecule has 0 N–H and O–H groups in total. The monoisotopic (exact) mass is 570 g/mol. The van der Waals surface area contributed by atoms with Crippen molar-refractivity contribution < 1.29 is 14.3 Å². The van der Waals surface area contributed by atoms with Crippen LogP contribution in [0, 0.1) is 0 Å². The smallest absolute Gasteiger partial charge is 0.271 e. The van der Waals surface area contributed by atoms with Crippen molar-refractivity contribution in [2.24, 2.45) is 0 Å². The van der Waals surface area contributed by atoms with Crippen LogP contribution in [0.3, 0.4) is 0 Å². The van der Waals surface area contributed by atoms with E-state index in [4.69, 9.17) is 16.3 Å². The molecule has 1 saturated heterocycles. The number of ether oxygens (including phenoxy) is 1. The van der Waals surface area contributed by atoms with E-state index in [0.717, 1.165) is 11.1 Å². The Labute approximate surface area is 249 Å². The van der Waals surface area contributed by atoms with E-state index < -0.39 is 17.7 Å². The number of hydrogen-bond acceptors (Lipinski definition) is 3. The highest BCUT2D eigenvalue weighted by Gasteiger charge is 2.66. The summed E-state index contributed by atoms with van der Waals surface area (Å²) in [4.78, 5) is 32.3. The van der Waals surface area contributed by atoms with E-state index in [2.05, 4.69) is 0 Å². The Morgan fingerprint density at radius 1 is 0.714 bits per heavy atom. The second-order valence-corrected chi connectivity index (χ2v) is 11.0. The summed E-state index contributed by atoms with van der Waals surface area (Å²) in [6, 6.07) is 43.5. The molecule has 3 atom stereocenters. The zero-order valence-electron chi connectivity index (χ0n) is 22.6. The summed E-state index contributed by atoms with van der Waals surface area (Å²) < 4.78 is 6.53. The van der Waals surface area contributed by atoms with Crippen LogP contribution in [0.15, 0.2) is 140 Å². The van der Waals surface area contributed by atoms with E-state index in [-0.39, 0.29) is 11.8 Å². The summed E-state index contributed by atoms with van der Waals surface area (Å²) in [6.07, 6.45) is -0.410. The zero-order chi connectivity index (χ0) is 28.7. The highest BCUT2D eigenvalue weighted by Crippen LogP contribution is 2.57. The van der Waals surface area contributed by atoms with Crippen LogP contribution in [0.2, 0.25) is 5.02 Å².